The van der Waals surface area contributed by atoms with Crippen LogP contribution in [0.4, 0.5) is 0 Å². The monoisotopic (exact) mass is 389 g/mol. The van der Waals surface area contributed by atoms with E-state index in [0.717, 1.165) is 19.3 Å². The molecule has 124 valence electrons. The fraction of sp³-hybridized carbons (Fsp3) is 0.812. The molecule has 3 aliphatic rings. The largest absolute Gasteiger partial charge is 0.269 e. The number of sulfonamides is 1. The van der Waals surface area contributed by atoms with Crippen molar-refractivity contribution in [3.8, 4) is 0 Å². The van der Waals surface area contributed by atoms with Gasteiger partial charge in [0.1, 0.15) is 0 Å². The Morgan fingerprint density at radius 2 is 2.00 bits per heavy atom. The van der Waals surface area contributed by atoms with Crippen molar-refractivity contribution in [1.82, 2.24) is 4.31 Å². The second-order valence-corrected chi connectivity index (χ2v) is 12.0. The molecule has 6 heteroatoms. The Morgan fingerprint density at radius 1 is 1.36 bits per heavy atom. The Balaban J connectivity index is 1.97. The average Bonchev–Trinajstić information content (AvgIpc) is 2.81. The van der Waals surface area contributed by atoms with Crippen LogP contribution in [0, 0.1) is 16.7 Å². The summed E-state index contributed by atoms with van der Waals surface area (Å²) in [5.74, 6) is 0.267. The molecular weight excluding hydrogens is 366 g/mol. The summed E-state index contributed by atoms with van der Waals surface area (Å²) in [4.78, 5) is 12.6. The molecule has 0 aromatic rings. The number of rotatable bonds is 2. The molecule has 1 saturated heterocycles. The van der Waals surface area contributed by atoms with Crippen molar-refractivity contribution in [2.45, 2.75) is 57.3 Å². The third kappa shape index (κ3) is 2.13. The van der Waals surface area contributed by atoms with Gasteiger partial charge in [-0.3, -0.25) is 4.79 Å². The van der Waals surface area contributed by atoms with E-state index in [0.29, 0.717) is 5.92 Å². The molecule has 4 nitrogen and oxygen atoms in total. The summed E-state index contributed by atoms with van der Waals surface area (Å²) in [5, 5.41) is 0. The molecule has 0 radical (unpaired) electrons. The van der Waals surface area contributed by atoms with Crippen LogP contribution in [0.5, 0.6) is 0 Å². The first-order chi connectivity index (χ1) is 9.91. The summed E-state index contributed by atoms with van der Waals surface area (Å²) in [6.07, 6.45) is 5.96. The van der Waals surface area contributed by atoms with Gasteiger partial charge in [0.15, 0.2) is 0 Å². The average molecular weight is 390 g/mol. The van der Waals surface area contributed by atoms with Crippen LogP contribution < -0.4 is 0 Å². The first-order valence-corrected chi connectivity index (χ1v) is 10.3. The summed E-state index contributed by atoms with van der Waals surface area (Å²) < 4.78 is 26.2. The van der Waals surface area contributed by atoms with Crippen LogP contribution in [0.25, 0.3) is 0 Å². The third-order valence-electron chi connectivity index (χ3n) is 6.25. The number of fused-ring (bicyclic) bond motifs is 1. The fourth-order valence-electron chi connectivity index (χ4n) is 4.92. The quantitative estimate of drug-likeness (QED) is 0.538. The van der Waals surface area contributed by atoms with Crippen LogP contribution in [0.3, 0.4) is 0 Å². The predicted octanol–water partition coefficient (Wildman–Crippen LogP) is 3.08. The van der Waals surface area contributed by atoms with E-state index in [9.17, 15) is 13.2 Å². The second kappa shape index (κ2) is 4.59. The van der Waals surface area contributed by atoms with E-state index in [1.54, 1.807) is 6.08 Å². The molecule has 3 atom stereocenters. The molecular formula is C16H24BrNO3S. The molecule has 1 heterocycles. The number of carbonyl (C=O) groups is 1. The van der Waals surface area contributed by atoms with Crippen molar-refractivity contribution < 1.29 is 13.2 Å². The zero-order valence-corrected chi connectivity index (χ0v) is 16.0. The molecule has 0 aromatic carbocycles. The van der Waals surface area contributed by atoms with Crippen molar-refractivity contribution in [2.24, 2.45) is 16.7 Å². The predicted molar refractivity (Wildman–Crippen MR) is 90.1 cm³/mol. The molecule has 1 spiro atoms. The summed E-state index contributed by atoms with van der Waals surface area (Å²) >= 11 is 3.44. The summed E-state index contributed by atoms with van der Waals surface area (Å²) in [5.41, 5.74) is -0.248. The molecule has 0 unspecified atom stereocenters. The topological polar surface area (TPSA) is 54.5 Å². The minimum atomic E-state index is -3.51. The molecule has 22 heavy (non-hydrogen) atoms. The first-order valence-electron chi connectivity index (χ1n) is 7.85. The zero-order valence-electron chi connectivity index (χ0n) is 13.6. The van der Waals surface area contributed by atoms with Crippen LogP contribution in [0.2, 0.25) is 0 Å². The van der Waals surface area contributed by atoms with Crippen LogP contribution in [0.1, 0.15) is 47.0 Å². The number of halogens is 1. The molecule has 0 N–H and O–H groups in total. The molecule has 1 amide bonds. The second-order valence-electron chi connectivity index (χ2n) is 8.15. The Labute approximate surface area is 141 Å². The lowest BCUT2D eigenvalue weighted by Crippen LogP contribution is -2.43. The Hall–Kier alpha value is -0.360. The van der Waals surface area contributed by atoms with Gasteiger partial charge >= 0.3 is 0 Å². The molecule has 3 fully saturated rings. The van der Waals surface area contributed by atoms with Gasteiger partial charge in [-0.05, 0) is 44.4 Å². The highest BCUT2D eigenvalue weighted by molar-refractivity contribution is 9.10. The van der Waals surface area contributed by atoms with E-state index in [1.807, 2.05) is 13.8 Å². The number of hydrogen-bond donors (Lipinski definition) is 0. The van der Waals surface area contributed by atoms with Crippen molar-refractivity contribution >= 4 is 31.9 Å². The van der Waals surface area contributed by atoms with Gasteiger partial charge in [-0.2, -0.15) is 0 Å². The summed E-state index contributed by atoms with van der Waals surface area (Å²) in [6.45, 7) is 8.20. The highest BCUT2D eigenvalue weighted by Gasteiger charge is 2.72. The molecule has 2 bridgehead atoms. The molecule has 2 aliphatic carbocycles. The van der Waals surface area contributed by atoms with E-state index in [-0.39, 0.29) is 26.9 Å². The zero-order chi connectivity index (χ0) is 16.6. The molecule has 2 saturated carbocycles. The number of allylic oxidation sites excluding steroid dienone is 1. The highest BCUT2D eigenvalue weighted by Crippen LogP contribution is 2.69. The highest BCUT2D eigenvalue weighted by atomic mass is 79.9. The number of hydrogen-bond acceptors (Lipinski definition) is 3. The van der Waals surface area contributed by atoms with E-state index in [1.165, 1.54) is 10.4 Å². The van der Waals surface area contributed by atoms with Crippen LogP contribution in [0.15, 0.2) is 12.2 Å². The van der Waals surface area contributed by atoms with Gasteiger partial charge in [0.2, 0.25) is 10.0 Å². The van der Waals surface area contributed by atoms with E-state index in [4.69, 9.17) is 0 Å². The maximum atomic E-state index is 12.7. The number of nitrogens with zero attached hydrogens (tertiary/aromatic N) is 1. The van der Waals surface area contributed by atoms with Crippen molar-refractivity contribution in [2.75, 3.05) is 5.75 Å². The van der Waals surface area contributed by atoms with E-state index in [2.05, 4.69) is 29.8 Å². The van der Waals surface area contributed by atoms with Gasteiger partial charge < -0.3 is 0 Å². The van der Waals surface area contributed by atoms with Gasteiger partial charge in [0.05, 0.1) is 11.8 Å². The van der Waals surface area contributed by atoms with Gasteiger partial charge in [-0.25, -0.2) is 12.7 Å². The van der Waals surface area contributed by atoms with Crippen molar-refractivity contribution in [3.05, 3.63) is 12.2 Å². The van der Waals surface area contributed by atoms with Gasteiger partial charge in [0, 0.05) is 15.8 Å². The lowest BCUT2D eigenvalue weighted by atomic mass is 9.69. The minimum Gasteiger partial charge on any atom is -0.269 e. The standard InChI is InChI=1S/C16H24BrNO3S/c1-14(2,17)7-6-13(19)18-12-9-11-5-8-16(12,15(11,3)4)10-22(18,20)21/h6-7,11-12H,5,8-10H2,1-4H3/b7-6+/t11-,12-,16-/m1/s1. The maximum Gasteiger partial charge on any atom is 0.260 e. The summed E-state index contributed by atoms with van der Waals surface area (Å²) in [7, 11) is -3.51. The van der Waals surface area contributed by atoms with E-state index >= 15 is 0 Å². The van der Waals surface area contributed by atoms with Crippen LogP contribution in [-0.4, -0.2) is 34.7 Å². The van der Waals surface area contributed by atoms with Crippen molar-refractivity contribution in [3.63, 3.8) is 0 Å². The Morgan fingerprint density at radius 3 is 2.55 bits per heavy atom. The Bertz CT molecular complexity index is 647. The lowest BCUT2D eigenvalue weighted by Gasteiger charge is -2.36. The van der Waals surface area contributed by atoms with Gasteiger partial charge in [-0.1, -0.05) is 35.9 Å². The van der Waals surface area contributed by atoms with Crippen molar-refractivity contribution in [1.29, 1.82) is 0 Å². The number of carbonyl (C=O) groups excluding carboxylic acids is 1. The smallest absolute Gasteiger partial charge is 0.260 e. The van der Waals surface area contributed by atoms with Gasteiger partial charge in [0.25, 0.3) is 5.91 Å². The maximum absolute atomic E-state index is 12.7. The summed E-state index contributed by atoms with van der Waals surface area (Å²) in [6, 6.07) is -0.151. The van der Waals surface area contributed by atoms with Crippen LogP contribution >= 0.6 is 15.9 Å². The molecule has 3 rings (SSSR count). The van der Waals surface area contributed by atoms with Gasteiger partial charge in [-0.15, -0.1) is 0 Å². The third-order valence-corrected chi connectivity index (χ3v) is 8.43. The lowest BCUT2D eigenvalue weighted by molar-refractivity contribution is -0.124. The minimum absolute atomic E-state index is 0.00181. The van der Waals surface area contributed by atoms with Crippen LogP contribution in [-0.2, 0) is 14.8 Å². The fourth-order valence-corrected chi connectivity index (χ4v) is 7.56. The SMILES string of the molecule is CC(C)(Br)/C=C/C(=O)N1[C@@H]2C[C@H]3CC[C@]2(CS1(=O)=O)C3(C)C. The molecule has 0 aromatic heterocycles. The number of alkyl halides is 1. The normalized spacial score (nSPS) is 38.7. The molecule has 1 aliphatic heterocycles. The first kappa shape index (κ1) is 16.5. The van der Waals surface area contributed by atoms with E-state index < -0.39 is 15.9 Å². The number of amides is 1. The Kier molecular flexibility index (Phi) is 3.44.